The van der Waals surface area contributed by atoms with Crippen molar-refractivity contribution in [3.05, 3.63) is 59.7 Å². The largest absolute Gasteiger partial charge is 0.416 e. The maximum Gasteiger partial charge on any atom is 0.416 e. The van der Waals surface area contributed by atoms with Crippen molar-refractivity contribution in [1.29, 1.82) is 0 Å². The van der Waals surface area contributed by atoms with Gasteiger partial charge in [0.1, 0.15) is 12.1 Å². The number of benzene rings is 2. The molecule has 190 valence electrons. The Morgan fingerprint density at radius 2 is 1.75 bits per heavy atom. The van der Waals surface area contributed by atoms with Crippen LogP contribution < -0.4 is 16.0 Å². The van der Waals surface area contributed by atoms with Crippen LogP contribution in [0.1, 0.15) is 48.5 Å². The highest BCUT2D eigenvalue weighted by Gasteiger charge is 2.55. The number of nitrogens with one attached hydrogen (secondary N) is 3. The number of urea groups is 1. The standard InChI is InChI=1S/C25H25F3N4O4/c1-15-6-2-3-11-24(15)22(35)32(23(36)31-24)14-20(33)29-18-9-4-7-16(12-18)21(34)30-19-10-5-8-17(13-19)25(26,27)28/h4-5,7-10,12-13,15H,2-3,6,11,14H2,1H3,(H,29,33)(H,30,34)(H,31,36)/t15-,24-/m1/s1. The summed E-state index contributed by atoms with van der Waals surface area (Å²) in [5.74, 6) is -1.76. The lowest BCUT2D eigenvalue weighted by Crippen LogP contribution is -2.54. The van der Waals surface area contributed by atoms with Crippen molar-refractivity contribution in [2.45, 2.75) is 44.3 Å². The molecule has 0 aromatic heterocycles. The Bertz CT molecular complexity index is 1220. The molecule has 1 aliphatic heterocycles. The van der Waals surface area contributed by atoms with E-state index in [0.29, 0.717) is 6.42 Å². The van der Waals surface area contributed by atoms with Crippen LogP contribution in [0.4, 0.5) is 29.3 Å². The second-order valence-electron chi connectivity index (χ2n) is 9.10. The second kappa shape index (κ2) is 9.63. The van der Waals surface area contributed by atoms with E-state index in [1.807, 2.05) is 6.92 Å². The van der Waals surface area contributed by atoms with Crippen LogP contribution in [-0.2, 0) is 15.8 Å². The first-order valence-corrected chi connectivity index (χ1v) is 11.5. The fraction of sp³-hybridized carbons (Fsp3) is 0.360. The van der Waals surface area contributed by atoms with Crippen molar-refractivity contribution in [2.75, 3.05) is 17.2 Å². The zero-order valence-corrected chi connectivity index (χ0v) is 19.4. The summed E-state index contributed by atoms with van der Waals surface area (Å²) in [7, 11) is 0. The van der Waals surface area contributed by atoms with Crippen LogP contribution in [0.2, 0.25) is 0 Å². The first-order valence-electron chi connectivity index (χ1n) is 11.5. The maximum absolute atomic E-state index is 13.0. The molecule has 1 heterocycles. The molecule has 0 radical (unpaired) electrons. The molecular weight excluding hydrogens is 477 g/mol. The van der Waals surface area contributed by atoms with Gasteiger partial charge < -0.3 is 16.0 Å². The SMILES string of the molecule is C[C@@H]1CCCC[C@@]12NC(=O)N(CC(=O)Nc1cccc(C(=O)Nc3cccc(C(F)(F)F)c3)c1)C2=O. The van der Waals surface area contributed by atoms with Gasteiger partial charge in [0.15, 0.2) is 0 Å². The third-order valence-electron chi connectivity index (χ3n) is 6.66. The number of hydrogen-bond donors (Lipinski definition) is 3. The molecule has 2 aromatic carbocycles. The van der Waals surface area contributed by atoms with Gasteiger partial charge in [0.05, 0.1) is 5.56 Å². The summed E-state index contributed by atoms with van der Waals surface area (Å²) in [6, 6.07) is 9.40. The lowest BCUT2D eigenvalue weighted by atomic mass is 9.73. The van der Waals surface area contributed by atoms with Crippen molar-refractivity contribution in [3.8, 4) is 0 Å². The van der Waals surface area contributed by atoms with Crippen LogP contribution in [0.25, 0.3) is 0 Å². The van der Waals surface area contributed by atoms with Crippen LogP contribution in [0, 0.1) is 5.92 Å². The average Bonchev–Trinajstić information content (AvgIpc) is 3.05. The number of alkyl halides is 3. The van der Waals surface area contributed by atoms with Crippen molar-refractivity contribution in [2.24, 2.45) is 5.92 Å². The smallest absolute Gasteiger partial charge is 0.325 e. The van der Waals surface area contributed by atoms with E-state index < -0.39 is 47.6 Å². The summed E-state index contributed by atoms with van der Waals surface area (Å²) < 4.78 is 38.8. The highest BCUT2D eigenvalue weighted by Crippen LogP contribution is 2.38. The highest BCUT2D eigenvalue weighted by molar-refractivity contribution is 6.10. The first-order chi connectivity index (χ1) is 17.0. The van der Waals surface area contributed by atoms with Crippen molar-refractivity contribution in [3.63, 3.8) is 0 Å². The normalized spacial score (nSPS) is 21.9. The Kier molecular flexibility index (Phi) is 6.75. The molecule has 11 heteroatoms. The number of amides is 5. The Morgan fingerprint density at radius 1 is 1.06 bits per heavy atom. The number of nitrogens with zero attached hydrogens (tertiary/aromatic N) is 1. The molecule has 2 fully saturated rings. The molecule has 1 saturated heterocycles. The summed E-state index contributed by atoms with van der Waals surface area (Å²) in [6.07, 6.45) is -1.43. The molecule has 1 aliphatic carbocycles. The molecule has 2 aromatic rings. The zero-order valence-electron chi connectivity index (χ0n) is 19.4. The number of carbonyl (C=O) groups excluding carboxylic acids is 4. The maximum atomic E-state index is 13.0. The highest BCUT2D eigenvalue weighted by atomic mass is 19.4. The van der Waals surface area contributed by atoms with Crippen LogP contribution in [0.15, 0.2) is 48.5 Å². The summed E-state index contributed by atoms with van der Waals surface area (Å²) in [6.45, 7) is 1.43. The monoisotopic (exact) mass is 502 g/mol. The van der Waals surface area contributed by atoms with Crippen LogP contribution in [-0.4, -0.2) is 40.7 Å². The van der Waals surface area contributed by atoms with Gasteiger partial charge in [0, 0.05) is 16.9 Å². The van der Waals surface area contributed by atoms with Crippen molar-refractivity contribution < 1.29 is 32.3 Å². The second-order valence-corrected chi connectivity index (χ2v) is 9.10. The molecule has 0 bridgehead atoms. The van der Waals surface area contributed by atoms with Gasteiger partial charge in [-0.25, -0.2) is 4.79 Å². The van der Waals surface area contributed by atoms with E-state index in [1.165, 1.54) is 36.4 Å². The molecule has 1 saturated carbocycles. The van der Waals surface area contributed by atoms with Crippen LogP contribution >= 0.6 is 0 Å². The lowest BCUT2D eigenvalue weighted by molar-refractivity contribution is -0.137. The Hall–Kier alpha value is -3.89. The lowest BCUT2D eigenvalue weighted by Gasteiger charge is -2.36. The van der Waals surface area contributed by atoms with E-state index in [9.17, 15) is 32.3 Å². The van der Waals surface area contributed by atoms with Gasteiger partial charge >= 0.3 is 12.2 Å². The zero-order chi connectivity index (χ0) is 26.1. The number of anilines is 2. The topological polar surface area (TPSA) is 108 Å². The van der Waals surface area contributed by atoms with Gasteiger partial charge in [0.25, 0.3) is 11.8 Å². The molecule has 8 nitrogen and oxygen atoms in total. The first kappa shape index (κ1) is 25.2. The van der Waals surface area contributed by atoms with Gasteiger partial charge in [-0.2, -0.15) is 13.2 Å². The average molecular weight is 502 g/mol. The summed E-state index contributed by atoms with van der Waals surface area (Å²) >= 11 is 0. The van der Waals surface area contributed by atoms with Gasteiger partial charge in [-0.05, 0) is 55.2 Å². The predicted molar refractivity (Wildman–Crippen MR) is 125 cm³/mol. The van der Waals surface area contributed by atoms with Crippen LogP contribution in [0.3, 0.4) is 0 Å². The molecule has 0 unspecified atom stereocenters. The summed E-state index contributed by atoms with van der Waals surface area (Å²) in [5, 5.41) is 7.74. The Balaban J connectivity index is 1.40. The van der Waals surface area contributed by atoms with E-state index in [1.54, 1.807) is 0 Å². The molecule has 36 heavy (non-hydrogen) atoms. The molecule has 5 amide bonds. The van der Waals surface area contributed by atoms with E-state index in [0.717, 1.165) is 36.3 Å². The summed E-state index contributed by atoms with van der Waals surface area (Å²) in [5.41, 5.74) is -1.59. The van der Waals surface area contributed by atoms with Gasteiger partial charge in [-0.1, -0.05) is 31.9 Å². The van der Waals surface area contributed by atoms with Gasteiger partial charge in [0.2, 0.25) is 5.91 Å². The molecule has 2 aliphatic rings. The Morgan fingerprint density at radius 3 is 2.44 bits per heavy atom. The number of halogens is 3. The van der Waals surface area contributed by atoms with E-state index in [4.69, 9.17) is 0 Å². The fourth-order valence-corrected chi connectivity index (χ4v) is 4.70. The van der Waals surface area contributed by atoms with Crippen molar-refractivity contribution in [1.82, 2.24) is 10.2 Å². The van der Waals surface area contributed by atoms with Crippen LogP contribution in [0.5, 0.6) is 0 Å². The number of hydrogen-bond acceptors (Lipinski definition) is 4. The quantitative estimate of drug-likeness (QED) is 0.527. The Labute approximate surface area is 205 Å². The van der Waals surface area contributed by atoms with Gasteiger partial charge in [-0.3, -0.25) is 19.3 Å². The van der Waals surface area contributed by atoms with Gasteiger partial charge in [-0.15, -0.1) is 0 Å². The molecule has 3 N–H and O–H groups in total. The number of carbonyl (C=O) groups is 4. The van der Waals surface area contributed by atoms with E-state index >= 15 is 0 Å². The van der Waals surface area contributed by atoms with E-state index in [-0.39, 0.29) is 22.9 Å². The predicted octanol–water partition coefficient (Wildman–Crippen LogP) is 4.40. The number of imide groups is 1. The molecule has 1 spiro atoms. The minimum absolute atomic E-state index is 0.0336. The summed E-state index contributed by atoms with van der Waals surface area (Å²) in [4.78, 5) is 51.6. The third-order valence-corrected chi connectivity index (χ3v) is 6.66. The minimum atomic E-state index is -4.55. The molecule has 2 atom stereocenters. The van der Waals surface area contributed by atoms with Crippen molar-refractivity contribution >= 4 is 35.1 Å². The van der Waals surface area contributed by atoms with E-state index in [2.05, 4.69) is 16.0 Å². The number of rotatable bonds is 5. The third kappa shape index (κ3) is 5.05. The fourth-order valence-electron chi connectivity index (χ4n) is 4.70. The molecular formula is C25H25F3N4O4. The molecule has 4 rings (SSSR count). The minimum Gasteiger partial charge on any atom is -0.325 e.